The first-order chi connectivity index (χ1) is 14.6. The molecule has 0 saturated carbocycles. The van der Waals surface area contributed by atoms with Gasteiger partial charge >= 0.3 is 0 Å². The zero-order chi connectivity index (χ0) is 20.9. The molecule has 1 heterocycles. The molecule has 4 nitrogen and oxygen atoms in total. The van der Waals surface area contributed by atoms with Crippen LogP contribution in [0, 0.1) is 0 Å². The minimum absolute atomic E-state index is 0.0327. The quantitative estimate of drug-likeness (QED) is 0.477. The molecule has 0 amide bonds. The summed E-state index contributed by atoms with van der Waals surface area (Å²) in [5, 5.41) is 10.8. The number of ether oxygens (including phenoxy) is 1. The van der Waals surface area contributed by atoms with Crippen LogP contribution in [0.1, 0.15) is 29.2 Å². The highest BCUT2D eigenvalue weighted by molar-refractivity contribution is 9.10. The lowest BCUT2D eigenvalue weighted by molar-refractivity contribution is 0.363. The number of nitrogens with one attached hydrogen (secondary N) is 1. The van der Waals surface area contributed by atoms with Crippen LogP contribution in [0.25, 0.3) is 0 Å². The number of rotatable bonds is 5. The molecular weight excluding hydrogens is 458 g/mol. The summed E-state index contributed by atoms with van der Waals surface area (Å²) in [6.45, 7) is 0.661. The van der Waals surface area contributed by atoms with Crippen molar-refractivity contribution in [1.82, 2.24) is 10.3 Å². The van der Waals surface area contributed by atoms with E-state index < -0.39 is 0 Å². The topological polar surface area (TPSA) is 36.9 Å². The second-order valence-electron chi connectivity index (χ2n) is 7.04. The molecule has 1 aliphatic heterocycles. The van der Waals surface area contributed by atoms with Crippen LogP contribution < -0.4 is 10.1 Å². The van der Waals surface area contributed by atoms with Crippen LogP contribution in [0.2, 0.25) is 0 Å². The third-order valence-corrected chi connectivity index (χ3v) is 5.94. The third-order valence-electron chi connectivity index (χ3n) is 5.08. The van der Waals surface area contributed by atoms with Gasteiger partial charge in [-0.15, -0.1) is 0 Å². The van der Waals surface area contributed by atoms with E-state index in [0.717, 1.165) is 33.5 Å². The Morgan fingerprint density at radius 1 is 1.07 bits per heavy atom. The summed E-state index contributed by atoms with van der Waals surface area (Å²) < 4.78 is 6.36. The maximum Gasteiger partial charge on any atom is 0.190 e. The molecule has 152 valence electrons. The van der Waals surface area contributed by atoms with Crippen molar-refractivity contribution in [1.29, 1.82) is 0 Å². The van der Waals surface area contributed by atoms with Crippen LogP contribution in [-0.2, 0) is 6.54 Å². The summed E-state index contributed by atoms with van der Waals surface area (Å²) in [6.07, 6.45) is 0.779. The van der Waals surface area contributed by atoms with Gasteiger partial charge < -0.3 is 10.1 Å². The van der Waals surface area contributed by atoms with Crippen molar-refractivity contribution in [3.05, 3.63) is 100 Å². The normalized spacial score (nSPS) is 15.6. The number of hydrogen-bond acceptors (Lipinski definition) is 3. The van der Waals surface area contributed by atoms with Gasteiger partial charge in [-0.3, -0.25) is 0 Å². The van der Waals surface area contributed by atoms with Crippen LogP contribution in [-0.4, -0.2) is 22.9 Å². The summed E-state index contributed by atoms with van der Waals surface area (Å²) >= 11 is 9.24. The molecule has 3 aromatic rings. The first kappa shape index (κ1) is 20.6. The highest BCUT2D eigenvalue weighted by atomic mass is 79.9. The van der Waals surface area contributed by atoms with E-state index in [9.17, 15) is 0 Å². The molecule has 1 N–H and O–H groups in total. The number of methoxy groups -OCH3 is 1. The van der Waals surface area contributed by atoms with Gasteiger partial charge in [-0.1, -0.05) is 70.5 Å². The first-order valence-corrected chi connectivity index (χ1v) is 10.9. The fourth-order valence-electron chi connectivity index (χ4n) is 3.45. The van der Waals surface area contributed by atoms with E-state index in [-0.39, 0.29) is 6.04 Å². The first-order valence-electron chi connectivity index (χ1n) is 9.72. The van der Waals surface area contributed by atoms with Crippen molar-refractivity contribution in [3.63, 3.8) is 0 Å². The SMILES string of the molecule is COc1ccc([C@@H]2CC(c3ccc(Br)cc3)=NN2C(=S)NCc2ccccc2)cc1. The van der Waals surface area contributed by atoms with Gasteiger partial charge in [-0.05, 0) is 53.2 Å². The summed E-state index contributed by atoms with van der Waals surface area (Å²) in [5.41, 5.74) is 4.45. The van der Waals surface area contributed by atoms with Crippen molar-refractivity contribution in [3.8, 4) is 5.75 Å². The van der Waals surface area contributed by atoms with Crippen molar-refractivity contribution < 1.29 is 4.74 Å². The van der Waals surface area contributed by atoms with Gasteiger partial charge in [-0.25, -0.2) is 5.01 Å². The average molecular weight is 480 g/mol. The monoisotopic (exact) mass is 479 g/mol. The Labute approximate surface area is 190 Å². The van der Waals surface area contributed by atoms with E-state index in [2.05, 4.69) is 57.6 Å². The van der Waals surface area contributed by atoms with Gasteiger partial charge in [-0.2, -0.15) is 5.10 Å². The molecule has 0 bridgehead atoms. The molecule has 0 unspecified atom stereocenters. The fourth-order valence-corrected chi connectivity index (χ4v) is 3.96. The van der Waals surface area contributed by atoms with Crippen molar-refractivity contribution >= 4 is 39.0 Å². The fraction of sp³-hybridized carbons (Fsp3) is 0.167. The Kier molecular flexibility index (Phi) is 6.45. The van der Waals surface area contributed by atoms with E-state index in [1.54, 1.807) is 7.11 Å². The molecule has 1 aliphatic rings. The zero-order valence-corrected chi connectivity index (χ0v) is 19.0. The van der Waals surface area contributed by atoms with Crippen LogP contribution in [0.3, 0.4) is 0 Å². The largest absolute Gasteiger partial charge is 0.497 e. The van der Waals surface area contributed by atoms with Crippen molar-refractivity contribution in [2.24, 2.45) is 5.10 Å². The Balaban J connectivity index is 1.58. The maximum absolute atomic E-state index is 5.74. The number of hydrogen-bond donors (Lipinski definition) is 1. The lowest BCUT2D eigenvalue weighted by Gasteiger charge is -2.25. The molecule has 0 fully saturated rings. The van der Waals surface area contributed by atoms with Crippen molar-refractivity contribution in [2.45, 2.75) is 19.0 Å². The van der Waals surface area contributed by atoms with Crippen molar-refractivity contribution in [2.75, 3.05) is 7.11 Å². The molecule has 1 atom stereocenters. The Hall–Kier alpha value is -2.70. The number of nitrogens with zero attached hydrogens (tertiary/aromatic N) is 2. The minimum Gasteiger partial charge on any atom is -0.497 e. The second-order valence-corrected chi connectivity index (χ2v) is 8.34. The summed E-state index contributed by atoms with van der Waals surface area (Å²) in [4.78, 5) is 0. The number of hydrazone groups is 1. The summed E-state index contributed by atoms with van der Waals surface area (Å²) in [6, 6.07) is 26.6. The third kappa shape index (κ3) is 4.71. The Bertz CT molecular complexity index is 1040. The molecule has 0 aliphatic carbocycles. The Morgan fingerprint density at radius 3 is 2.43 bits per heavy atom. The van der Waals surface area contributed by atoms with Gasteiger partial charge in [0.2, 0.25) is 0 Å². The average Bonchev–Trinajstić information content (AvgIpc) is 3.24. The molecule has 6 heteroatoms. The lowest BCUT2D eigenvalue weighted by Crippen LogP contribution is -2.36. The van der Waals surface area contributed by atoms with E-state index >= 15 is 0 Å². The maximum atomic E-state index is 5.74. The Morgan fingerprint density at radius 2 is 1.77 bits per heavy atom. The molecule has 3 aromatic carbocycles. The van der Waals surface area contributed by atoms with Gasteiger partial charge in [0.15, 0.2) is 5.11 Å². The number of thiocarbonyl (C=S) groups is 1. The van der Waals surface area contributed by atoms with E-state index in [4.69, 9.17) is 22.1 Å². The minimum atomic E-state index is 0.0327. The predicted molar refractivity (Wildman–Crippen MR) is 129 cm³/mol. The molecule has 0 saturated heterocycles. The van der Waals surface area contributed by atoms with Crippen LogP contribution in [0.15, 0.2) is 88.4 Å². The van der Waals surface area contributed by atoms with E-state index in [1.807, 2.05) is 47.5 Å². The van der Waals surface area contributed by atoms with E-state index in [1.165, 1.54) is 5.56 Å². The van der Waals surface area contributed by atoms with Gasteiger partial charge in [0.1, 0.15) is 5.75 Å². The highest BCUT2D eigenvalue weighted by Crippen LogP contribution is 2.34. The standard InChI is InChI=1S/C24H22BrN3OS/c1-29-21-13-9-19(10-14-21)23-15-22(18-7-11-20(25)12-8-18)27-28(23)24(30)26-16-17-5-3-2-4-6-17/h2-14,23H,15-16H2,1H3,(H,26,30)/t23-/m0/s1. The molecule has 0 spiro atoms. The van der Waals surface area contributed by atoms with E-state index in [0.29, 0.717) is 11.7 Å². The molecule has 0 radical (unpaired) electrons. The molecule has 4 rings (SSSR count). The van der Waals surface area contributed by atoms with Gasteiger partial charge in [0.25, 0.3) is 0 Å². The lowest BCUT2D eigenvalue weighted by atomic mass is 9.98. The molecule has 0 aromatic heterocycles. The number of halogens is 1. The smallest absolute Gasteiger partial charge is 0.190 e. The van der Waals surface area contributed by atoms with Gasteiger partial charge in [0.05, 0.1) is 18.9 Å². The summed E-state index contributed by atoms with van der Waals surface area (Å²) in [5.74, 6) is 0.835. The molecular formula is C24H22BrN3OS. The second kappa shape index (κ2) is 9.41. The predicted octanol–water partition coefficient (Wildman–Crippen LogP) is 5.68. The zero-order valence-electron chi connectivity index (χ0n) is 16.6. The van der Waals surface area contributed by atoms with Crippen LogP contribution in [0.5, 0.6) is 5.75 Å². The highest BCUT2D eigenvalue weighted by Gasteiger charge is 2.31. The number of benzene rings is 3. The summed E-state index contributed by atoms with van der Waals surface area (Å²) in [7, 11) is 1.67. The molecule has 30 heavy (non-hydrogen) atoms. The van der Waals surface area contributed by atoms with Crippen LogP contribution in [0.4, 0.5) is 0 Å². The van der Waals surface area contributed by atoms with Crippen LogP contribution >= 0.6 is 28.1 Å². The van der Waals surface area contributed by atoms with Gasteiger partial charge in [0, 0.05) is 17.4 Å².